The molecule has 1 aromatic carbocycles. The normalized spacial score (nSPS) is 10.4. The lowest BCUT2D eigenvalue weighted by Gasteiger charge is -2.03. The van der Waals surface area contributed by atoms with Crippen molar-refractivity contribution in [3.8, 4) is 11.1 Å². The second-order valence-corrected chi connectivity index (χ2v) is 4.03. The smallest absolute Gasteiger partial charge is 0.325 e. The number of nitrogens with zero attached hydrogens (tertiary/aromatic N) is 3. The molecular weight excluding hydrogens is 250 g/mol. The Morgan fingerprint density at radius 1 is 1.53 bits per heavy atom. The Kier molecular flexibility index (Phi) is 3.28. The standard InChI is InChI=1S/C12H11N3O4/c1-8-10(3-2-4-11(8)15(18)19)9-5-13-14(6-9)7-12(16)17/h2-6H,7H2,1H3,(H,16,17). The summed E-state index contributed by atoms with van der Waals surface area (Å²) in [6, 6.07) is 4.76. The predicted molar refractivity (Wildman–Crippen MR) is 66.7 cm³/mol. The molecule has 0 unspecified atom stereocenters. The van der Waals surface area contributed by atoms with E-state index in [1.165, 1.54) is 16.9 Å². The molecule has 7 heteroatoms. The van der Waals surface area contributed by atoms with Gasteiger partial charge in [-0.25, -0.2) is 0 Å². The fraction of sp³-hybridized carbons (Fsp3) is 0.167. The minimum Gasteiger partial charge on any atom is -0.480 e. The molecule has 0 aliphatic heterocycles. The monoisotopic (exact) mass is 261 g/mol. The first-order valence-corrected chi connectivity index (χ1v) is 5.47. The van der Waals surface area contributed by atoms with Gasteiger partial charge < -0.3 is 5.11 Å². The first kappa shape index (κ1) is 12.7. The summed E-state index contributed by atoms with van der Waals surface area (Å²) in [5.41, 5.74) is 1.89. The molecule has 98 valence electrons. The van der Waals surface area contributed by atoms with Crippen molar-refractivity contribution < 1.29 is 14.8 Å². The van der Waals surface area contributed by atoms with Gasteiger partial charge in [-0.3, -0.25) is 19.6 Å². The molecule has 0 bridgehead atoms. The molecule has 2 aromatic rings. The lowest BCUT2D eigenvalue weighted by molar-refractivity contribution is -0.385. The summed E-state index contributed by atoms with van der Waals surface area (Å²) >= 11 is 0. The first-order chi connectivity index (χ1) is 8.99. The number of hydrogen-bond donors (Lipinski definition) is 1. The van der Waals surface area contributed by atoms with Crippen molar-refractivity contribution in [3.05, 3.63) is 46.3 Å². The van der Waals surface area contributed by atoms with E-state index < -0.39 is 10.9 Å². The van der Waals surface area contributed by atoms with Crippen LogP contribution >= 0.6 is 0 Å². The summed E-state index contributed by atoms with van der Waals surface area (Å²) < 4.78 is 1.27. The predicted octanol–water partition coefficient (Wildman–Crippen LogP) is 1.85. The third-order valence-electron chi connectivity index (χ3n) is 2.74. The van der Waals surface area contributed by atoms with Crippen LogP contribution in [0.3, 0.4) is 0 Å². The van der Waals surface area contributed by atoms with Crippen molar-refractivity contribution in [2.24, 2.45) is 0 Å². The summed E-state index contributed by atoms with van der Waals surface area (Å²) in [6.07, 6.45) is 3.05. The Labute approximate surface area is 108 Å². The van der Waals surface area contributed by atoms with E-state index in [0.717, 1.165) is 0 Å². The van der Waals surface area contributed by atoms with Crippen molar-refractivity contribution in [1.82, 2.24) is 9.78 Å². The van der Waals surface area contributed by atoms with Gasteiger partial charge >= 0.3 is 5.97 Å². The van der Waals surface area contributed by atoms with E-state index >= 15 is 0 Å². The zero-order chi connectivity index (χ0) is 14.0. The average molecular weight is 261 g/mol. The number of nitro benzene ring substituents is 1. The van der Waals surface area contributed by atoms with E-state index in [1.807, 2.05) is 0 Å². The maximum Gasteiger partial charge on any atom is 0.325 e. The minimum atomic E-state index is -0.995. The van der Waals surface area contributed by atoms with Crippen molar-refractivity contribution in [2.75, 3.05) is 0 Å². The van der Waals surface area contributed by atoms with Gasteiger partial charge in [-0.2, -0.15) is 5.10 Å². The van der Waals surface area contributed by atoms with E-state index in [4.69, 9.17) is 5.11 Å². The minimum absolute atomic E-state index is 0.0310. The van der Waals surface area contributed by atoms with Crippen molar-refractivity contribution in [3.63, 3.8) is 0 Å². The van der Waals surface area contributed by atoms with Crippen molar-refractivity contribution >= 4 is 11.7 Å². The molecule has 0 spiro atoms. The van der Waals surface area contributed by atoms with Crippen LogP contribution in [0.2, 0.25) is 0 Å². The van der Waals surface area contributed by atoms with Gasteiger partial charge in [0.1, 0.15) is 6.54 Å². The number of nitro groups is 1. The van der Waals surface area contributed by atoms with Gasteiger partial charge in [0.05, 0.1) is 11.1 Å². The van der Waals surface area contributed by atoms with Crippen LogP contribution in [0.1, 0.15) is 5.56 Å². The largest absolute Gasteiger partial charge is 0.480 e. The van der Waals surface area contributed by atoms with Gasteiger partial charge in [0.2, 0.25) is 0 Å². The number of aliphatic carboxylic acids is 1. The van der Waals surface area contributed by atoms with Gasteiger partial charge in [0, 0.05) is 23.4 Å². The zero-order valence-corrected chi connectivity index (χ0v) is 10.1. The molecule has 19 heavy (non-hydrogen) atoms. The van der Waals surface area contributed by atoms with Gasteiger partial charge in [-0.05, 0) is 12.5 Å². The quantitative estimate of drug-likeness (QED) is 0.669. The van der Waals surface area contributed by atoms with Gasteiger partial charge in [-0.1, -0.05) is 12.1 Å². The highest BCUT2D eigenvalue weighted by Crippen LogP contribution is 2.29. The topological polar surface area (TPSA) is 98.3 Å². The molecule has 1 aromatic heterocycles. The Morgan fingerprint density at radius 2 is 2.26 bits per heavy atom. The maximum absolute atomic E-state index is 10.9. The van der Waals surface area contributed by atoms with Gasteiger partial charge in [0.25, 0.3) is 5.69 Å². The Bertz CT molecular complexity index is 648. The van der Waals surface area contributed by atoms with Crippen LogP contribution in [-0.4, -0.2) is 25.8 Å². The van der Waals surface area contributed by atoms with Gasteiger partial charge in [0.15, 0.2) is 0 Å². The molecule has 0 aliphatic rings. The molecule has 0 fully saturated rings. The highest BCUT2D eigenvalue weighted by molar-refractivity contribution is 5.71. The van der Waals surface area contributed by atoms with Crippen LogP contribution in [0.5, 0.6) is 0 Å². The van der Waals surface area contributed by atoms with Crippen molar-refractivity contribution in [2.45, 2.75) is 13.5 Å². The van der Waals surface area contributed by atoms with Gasteiger partial charge in [-0.15, -0.1) is 0 Å². The Morgan fingerprint density at radius 3 is 2.89 bits per heavy atom. The number of carbonyl (C=O) groups is 1. The molecule has 0 radical (unpaired) electrons. The van der Waals surface area contributed by atoms with Crippen LogP contribution < -0.4 is 0 Å². The molecule has 0 saturated heterocycles. The molecule has 0 aliphatic carbocycles. The summed E-state index contributed by atoms with van der Waals surface area (Å²) in [4.78, 5) is 21.0. The van der Waals surface area contributed by atoms with Crippen LogP contribution in [0.4, 0.5) is 5.69 Å². The molecular formula is C12H11N3O4. The number of hydrogen-bond acceptors (Lipinski definition) is 4. The number of rotatable bonds is 4. The lowest BCUT2D eigenvalue weighted by Crippen LogP contribution is -2.08. The SMILES string of the molecule is Cc1c(-c2cnn(CC(=O)O)c2)cccc1[N+](=O)[O-]. The lowest BCUT2D eigenvalue weighted by atomic mass is 10.0. The first-order valence-electron chi connectivity index (χ1n) is 5.47. The number of carboxylic acid groups (broad SMARTS) is 1. The van der Waals surface area contributed by atoms with E-state index in [1.54, 1.807) is 25.3 Å². The fourth-order valence-electron chi connectivity index (χ4n) is 1.86. The second-order valence-electron chi connectivity index (χ2n) is 4.03. The molecule has 0 atom stereocenters. The molecule has 0 amide bonds. The summed E-state index contributed by atoms with van der Waals surface area (Å²) in [6.45, 7) is 1.41. The molecule has 2 rings (SSSR count). The van der Waals surface area contributed by atoms with E-state index in [9.17, 15) is 14.9 Å². The third-order valence-corrected chi connectivity index (χ3v) is 2.74. The number of benzene rings is 1. The Balaban J connectivity index is 2.42. The number of carboxylic acids is 1. The van der Waals surface area contributed by atoms with E-state index in [0.29, 0.717) is 16.7 Å². The maximum atomic E-state index is 10.9. The average Bonchev–Trinajstić information content (AvgIpc) is 2.76. The van der Waals surface area contributed by atoms with Crippen molar-refractivity contribution in [1.29, 1.82) is 0 Å². The number of aromatic nitrogens is 2. The van der Waals surface area contributed by atoms with Crippen LogP contribution in [0.15, 0.2) is 30.6 Å². The summed E-state index contributed by atoms with van der Waals surface area (Å²) in [5, 5.41) is 23.4. The summed E-state index contributed by atoms with van der Waals surface area (Å²) in [7, 11) is 0. The molecule has 0 saturated carbocycles. The summed E-state index contributed by atoms with van der Waals surface area (Å²) in [5.74, 6) is -0.995. The highest BCUT2D eigenvalue weighted by atomic mass is 16.6. The van der Waals surface area contributed by atoms with Crippen LogP contribution in [0, 0.1) is 17.0 Å². The van der Waals surface area contributed by atoms with E-state index in [-0.39, 0.29) is 12.2 Å². The molecule has 7 nitrogen and oxygen atoms in total. The third kappa shape index (κ3) is 2.59. The molecule has 1 N–H and O–H groups in total. The fourth-order valence-corrected chi connectivity index (χ4v) is 1.86. The van der Waals surface area contributed by atoms with Crippen LogP contribution in [-0.2, 0) is 11.3 Å². The second kappa shape index (κ2) is 4.89. The molecule has 1 heterocycles. The highest BCUT2D eigenvalue weighted by Gasteiger charge is 2.15. The Hall–Kier alpha value is -2.70. The van der Waals surface area contributed by atoms with Crippen LogP contribution in [0.25, 0.3) is 11.1 Å². The zero-order valence-electron chi connectivity index (χ0n) is 10.1. The van der Waals surface area contributed by atoms with E-state index in [2.05, 4.69) is 5.10 Å².